The van der Waals surface area contributed by atoms with Gasteiger partial charge < -0.3 is 9.64 Å². The molecule has 1 saturated heterocycles. The second-order valence-corrected chi connectivity index (χ2v) is 9.69. The van der Waals surface area contributed by atoms with Crippen LogP contribution in [0.25, 0.3) is 0 Å². The Morgan fingerprint density at radius 1 is 1.19 bits per heavy atom. The molecule has 2 amide bonds. The van der Waals surface area contributed by atoms with Crippen LogP contribution in [-0.4, -0.2) is 58.7 Å². The van der Waals surface area contributed by atoms with E-state index in [2.05, 4.69) is 0 Å². The highest BCUT2D eigenvalue weighted by atomic mass is 19.1. The van der Waals surface area contributed by atoms with Crippen molar-refractivity contribution < 1.29 is 23.1 Å². The van der Waals surface area contributed by atoms with Gasteiger partial charge in [-0.25, -0.2) is 13.6 Å². The summed E-state index contributed by atoms with van der Waals surface area (Å²) in [5.74, 6) is -0.411. The SMILES string of the molecule is CC(C)(C)N(CC(=O)N1C[C@@H](F)C[C@H]1C#N)C(=O)OC1CCC(c2ccc(F)cc2)CC1. The summed E-state index contributed by atoms with van der Waals surface area (Å²) in [6, 6.07) is 7.67. The minimum Gasteiger partial charge on any atom is -0.446 e. The van der Waals surface area contributed by atoms with E-state index in [4.69, 9.17) is 4.74 Å². The van der Waals surface area contributed by atoms with Crippen molar-refractivity contribution in [2.75, 3.05) is 13.1 Å². The van der Waals surface area contributed by atoms with Crippen molar-refractivity contribution in [3.8, 4) is 6.07 Å². The molecule has 1 aromatic carbocycles. The van der Waals surface area contributed by atoms with E-state index in [1.807, 2.05) is 6.07 Å². The first-order valence-electron chi connectivity index (χ1n) is 11.2. The molecule has 2 aliphatic rings. The van der Waals surface area contributed by atoms with Crippen LogP contribution in [0.2, 0.25) is 0 Å². The second-order valence-electron chi connectivity index (χ2n) is 9.69. The first kappa shape index (κ1) is 24.0. The van der Waals surface area contributed by atoms with Crippen LogP contribution < -0.4 is 0 Å². The topological polar surface area (TPSA) is 73.6 Å². The molecule has 0 radical (unpaired) electrons. The van der Waals surface area contributed by atoms with Crippen molar-refractivity contribution in [3.63, 3.8) is 0 Å². The fraction of sp³-hybridized carbons (Fsp3) is 0.625. The third kappa shape index (κ3) is 5.76. The van der Waals surface area contributed by atoms with Gasteiger partial charge in [0.2, 0.25) is 5.91 Å². The molecule has 2 atom stereocenters. The summed E-state index contributed by atoms with van der Waals surface area (Å²) >= 11 is 0. The summed E-state index contributed by atoms with van der Waals surface area (Å²) in [5, 5.41) is 9.21. The molecule has 1 aliphatic carbocycles. The highest BCUT2D eigenvalue weighted by Gasteiger charge is 2.39. The highest BCUT2D eigenvalue weighted by Crippen LogP contribution is 2.34. The maximum absolute atomic E-state index is 13.7. The number of alkyl halides is 1. The normalized spacial score (nSPS) is 25.8. The fourth-order valence-electron chi connectivity index (χ4n) is 4.44. The maximum atomic E-state index is 13.7. The number of likely N-dealkylation sites (tertiary alicyclic amines) is 1. The minimum atomic E-state index is -1.23. The summed E-state index contributed by atoms with van der Waals surface area (Å²) in [7, 11) is 0. The number of nitriles is 1. The monoisotopic (exact) mass is 447 g/mol. The molecule has 1 aliphatic heterocycles. The minimum absolute atomic E-state index is 0.000495. The molecule has 174 valence electrons. The number of carbonyl (C=O) groups is 2. The lowest BCUT2D eigenvalue weighted by Crippen LogP contribution is -2.52. The Kier molecular flexibility index (Phi) is 7.37. The molecule has 1 saturated carbocycles. The highest BCUT2D eigenvalue weighted by molar-refractivity contribution is 5.83. The molecule has 0 bridgehead atoms. The van der Waals surface area contributed by atoms with Gasteiger partial charge in [0, 0.05) is 12.0 Å². The van der Waals surface area contributed by atoms with Crippen molar-refractivity contribution in [2.24, 2.45) is 0 Å². The quantitative estimate of drug-likeness (QED) is 0.679. The number of carbonyl (C=O) groups excluding carboxylic acids is 2. The van der Waals surface area contributed by atoms with Gasteiger partial charge in [0.25, 0.3) is 0 Å². The maximum Gasteiger partial charge on any atom is 0.410 e. The summed E-state index contributed by atoms with van der Waals surface area (Å²) < 4.78 is 32.6. The lowest BCUT2D eigenvalue weighted by atomic mass is 9.83. The van der Waals surface area contributed by atoms with E-state index in [0.29, 0.717) is 18.8 Å². The molecule has 0 unspecified atom stereocenters. The molecular weight excluding hydrogens is 416 g/mol. The van der Waals surface area contributed by atoms with Crippen LogP contribution in [0.1, 0.15) is 64.4 Å². The number of hydrogen-bond donors (Lipinski definition) is 0. The first-order valence-corrected chi connectivity index (χ1v) is 11.2. The van der Waals surface area contributed by atoms with Crippen molar-refractivity contribution >= 4 is 12.0 Å². The molecule has 8 heteroatoms. The van der Waals surface area contributed by atoms with Crippen LogP contribution in [0.5, 0.6) is 0 Å². The predicted octanol–water partition coefficient (Wildman–Crippen LogP) is 4.55. The Bertz CT molecular complexity index is 855. The lowest BCUT2D eigenvalue weighted by molar-refractivity contribution is -0.133. The fourth-order valence-corrected chi connectivity index (χ4v) is 4.44. The van der Waals surface area contributed by atoms with Gasteiger partial charge in [-0.1, -0.05) is 12.1 Å². The van der Waals surface area contributed by atoms with E-state index in [1.54, 1.807) is 32.9 Å². The zero-order valence-electron chi connectivity index (χ0n) is 18.9. The predicted molar refractivity (Wildman–Crippen MR) is 115 cm³/mol. The summed E-state index contributed by atoms with van der Waals surface area (Å²) in [5.41, 5.74) is 0.400. The standard InChI is InChI=1S/C24H31F2N3O3/c1-24(2,3)29(15-22(30)28-14-19(26)12-20(28)13-27)23(31)32-21-10-6-17(7-11-21)16-4-8-18(25)9-5-16/h4-5,8-9,17,19-21H,6-7,10-12,14-15H2,1-3H3/t17?,19-,20-,21?/m0/s1. The van der Waals surface area contributed by atoms with E-state index in [-0.39, 0.29) is 31.4 Å². The Hall–Kier alpha value is -2.69. The molecule has 0 aromatic heterocycles. The number of nitrogens with zero attached hydrogens (tertiary/aromatic N) is 3. The van der Waals surface area contributed by atoms with Crippen molar-refractivity contribution in [1.29, 1.82) is 5.26 Å². The zero-order valence-corrected chi connectivity index (χ0v) is 18.9. The van der Waals surface area contributed by atoms with Gasteiger partial charge in [-0.2, -0.15) is 5.26 Å². The van der Waals surface area contributed by atoms with Gasteiger partial charge in [-0.05, 0) is 70.1 Å². The number of hydrogen-bond acceptors (Lipinski definition) is 4. The summed E-state index contributed by atoms with van der Waals surface area (Å²) in [6.45, 7) is 5.01. The molecule has 32 heavy (non-hydrogen) atoms. The van der Waals surface area contributed by atoms with Gasteiger partial charge in [-0.3, -0.25) is 9.69 Å². The van der Waals surface area contributed by atoms with E-state index < -0.39 is 29.8 Å². The van der Waals surface area contributed by atoms with Crippen LogP contribution in [0.15, 0.2) is 24.3 Å². The Morgan fingerprint density at radius 3 is 2.38 bits per heavy atom. The lowest BCUT2D eigenvalue weighted by Gasteiger charge is -2.37. The smallest absolute Gasteiger partial charge is 0.410 e. The van der Waals surface area contributed by atoms with Gasteiger partial charge in [0.1, 0.15) is 30.7 Å². The van der Waals surface area contributed by atoms with E-state index in [9.17, 15) is 23.6 Å². The molecule has 3 rings (SSSR count). The van der Waals surface area contributed by atoms with Gasteiger partial charge in [0.15, 0.2) is 0 Å². The zero-order chi connectivity index (χ0) is 23.5. The molecule has 1 heterocycles. The van der Waals surface area contributed by atoms with Gasteiger partial charge >= 0.3 is 6.09 Å². The average Bonchev–Trinajstić information content (AvgIpc) is 3.13. The van der Waals surface area contributed by atoms with Crippen LogP contribution in [0, 0.1) is 17.1 Å². The van der Waals surface area contributed by atoms with E-state index in [1.165, 1.54) is 21.9 Å². The average molecular weight is 448 g/mol. The van der Waals surface area contributed by atoms with Gasteiger partial charge in [0.05, 0.1) is 12.6 Å². The number of ether oxygens (including phenoxy) is 1. The molecule has 6 nitrogen and oxygen atoms in total. The molecular formula is C24H31F2N3O3. The van der Waals surface area contributed by atoms with Crippen molar-refractivity contribution in [1.82, 2.24) is 9.80 Å². The molecule has 2 fully saturated rings. The van der Waals surface area contributed by atoms with Crippen LogP contribution >= 0.6 is 0 Å². The molecule has 0 spiro atoms. The molecule has 0 N–H and O–H groups in total. The van der Waals surface area contributed by atoms with Crippen molar-refractivity contribution in [2.45, 2.75) is 82.6 Å². The number of amides is 2. The Morgan fingerprint density at radius 2 is 1.81 bits per heavy atom. The first-order chi connectivity index (χ1) is 15.1. The van der Waals surface area contributed by atoms with Crippen LogP contribution in [-0.2, 0) is 9.53 Å². The van der Waals surface area contributed by atoms with Crippen molar-refractivity contribution in [3.05, 3.63) is 35.6 Å². The second kappa shape index (κ2) is 9.85. The number of rotatable bonds is 4. The van der Waals surface area contributed by atoms with Gasteiger partial charge in [-0.15, -0.1) is 0 Å². The number of benzene rings is 1. The third-order valence-corrected chi connectivity index (χ3v) is 6.33. The molecule has 1 aromatic rings. The number of halogens is 2. The summed E-state index contributed by atoms with van der Waals surface area (Å²) in [6.07, 6.45) is 0.960. The Labute approximate surface area is 188 Å². The van der Waals surface area contributed by atoms with Crippen LogP contribution in [0.4, 0.5) is 13.6 Å². The van der Waals surface area contributed by atoms with Crippen LogP contribution in [0.3, 0.4) is 0 Å². The largest absolute Gasteiger partial charge is 0.446 e. The summed E-state index contributed by atoms with van der Waals surface area (Å²) in [4.78, 5) is 28.3. The van der Waals surface area contributed by atoms with E-state index in [0.717, 1.165) is 18.4 Å². The third-order valence-electron chi connectivity index (χ3n) is 6.33. The Balaban J connectivity index is 1.58. The van der Waals surface area contributed by atoms with E-state index >= 15 is 0 Å².